The lowest BCUT2D eigenvalue weighted by atomic mass is 9.97. The van der Waals surface area contributed by atoms with Gasteiger partial charge in [-0.3, -0.25) is 9.48 Å². The number of carbonyl (C=O) groups excluding carboxylic acids is 1. The summed E-state index contributed by atoms with van der Waals surface area (Å²) in [5.41, 5.74) is 3.98. The maximum absolute atomic E-state index is 12.4. The number of nitrogens with one attached hydrogen (secondary N) is 2. The Morgan fingerprint density at radius 3 is 3.05 bits per heavy atom. The molecule has 0 spiro atoms. The smallest absolute Gasteiger partial charge is 0.251 e. The molecule has 1 aliphatic rings. The SMILES string of the molecule is Cl.Cn1nccc1CNC(=O)c1cccc2c1CCCN2. The van der Waals surface area contributed by atoms with Crippen molar-refractivity contribution >= 4 is 24.0 Å². The van der Waals surface area contributed by atoms with Crippen LogP contribution in [0.25, 0.3) is 0 Å². The fourth-order valence-electron chi connectivity index (χ4n) is 2.56. The number of halogens is 1. The Kier molecular flexibility index (Phi) is 4.85. The first-order chi connectivity index (χ1) is 9.75. The summed E-state index contributed by atoms with van der Waals surface area (Å²) in [4.78, 5) is 12.4. The molecule has 0 saturated carbocycles. The number of fused-ring (bicyclic) bond motifs is 1. The number of carbonyl (C=O) groups is 1. The van der Waals surface area contributed by atoms with Gasteiger partial charge < -0.3 is 10.6 Å². The highest BCUT2D eigenvalue weighted by Crippen LogP contribution is 2.25. The maximum atomic E-state index is 12.4. The second-order valence-corrected chi connectivity index (χ2v) is 4.99. The summed E-state index contributed by atoms with van der Waals surface area (Å²) in [6.07, 6.45) is 3.76. The third-order valence-corrected chi connectivity index (χ3v) is 3.69. The molecule has 2 N–H and O–H groups in total. The molecule has 0 fully saturated rings. The molecule has 6 heteroatoms. The van der Waals surface area contributed by atoms with Crippen molar-refractivity contribution in [2.45, 2.75) is 19.4 Å². The molecule has 0 saturated heterocycles. The molecule has 1 aromatic heterocycles. The summed E-state index contributed by atoms with van der Waals surface area (Å²) in [7, 11) is 1.87. The average Bonchev–Trinajstić information content (AvgIpc) is 2.89. The van der Waals surface area contributed by atoms with E-state index in [1.807, 2.05) is 31.3 Å². The quantitative estimate of drug-likeness (QED) is 0.913. The van der Waals surface area contributed by atoms with E-state index in [0.717, 1.165) is 41.9 Å². The van der Waals surface area contributed by atoms with Crippen LogP contribution >= 0.6 is 12.4 Å². The molecule has 2 aromatic rings. The number of aromatic nitrogens is 2. The zero-order valence-corrected chi connectivity index (χ0v) is 12.7. The number of anilines is 1. The molecular weight excluding hydrogens is 288 g/mol. The van der Waals surface area contributed by atoms with Crippen molar-refractivity contribution in [3.8, 4) is 0 Å². The van der Waals surface area contributed by atoms with Gasteiger partial charge in [0.1, 0.15) is 0 Å². The van der Waals surface area contributed by atoms with Gasteiger partial charge in [-0.15, -0.1) is 12.4 Å². The zero-order chi connectivity index (χ0) is 13.9. The highest BCUT2D eigenvalue weighted by molar-refractivity contribution is 5.97. The van der Waals surface area contributed by atoms with E-state index in [0.29, 0.717) is 6.54 Å². The van der Waals surface area contributed by atoms with Gasteiger partial charge in [0.15, 0.2) is 0 Å². The van der Waals surface area contributed by atoms with Gasteiger partial charge in [-0.1, -0.05) is 6.07 Å². The molecule has 1 aliphatic heterocycles. The second-order valence-electron chi connectivity index (χ2n) is 4.99. The molecule has 0 bridgehead atoms. The van der Waals surface area contributed by atoms with Gasteiger partial charge in [0, 0.05) is 31.0 Å². The van der Waals surface area contributed by atoms with E-state index < -0.39 is 0 Å². The molecule has 0 atom stereocenters. The number of benzene rings is 1. The highest BCUT2D eigenvalue weighted by Gasteiger charge is 2.17. The maximum Gasteiger partial charge on any atom is 0.251 e. The van der Waals surface area contributed by atoms with E-state index in [1.54, 1.807) is 10.9 Å². The fourth-order valence-corrected chi connectivity index (χ4v) is 2.56. The summed E-state index contributed by atoms with van der Waals surface area (Å²) < 4.78 is 1.77. The molecule has 0 radical (unpaired) electrons. The van der Waals surface area contributed by atoms with Crippen molar-refractivity contribution in [2.24, 2.45) is 7.05 Å². The number of nitrogens with zero attached hydrogens (tertiary/aromatic N) is 2. The van der Waals surface area contributed by atoms with Gasteiger partial charge >= 0.3 is 0 Å². The van der Waals surface area contributed by atoms with Gasteiger partial charge in [-0.2, -0.15) is 5.10 Å². The van der Waals surface area contributed by atoms with Gasteiger partial charge in [-0.05, 0) is 36.6 Å². The first-order valence-corrected chi connectivity index (χ1v) is 6.86. The summed E-state index contributed by atoms with van der Waals surface area (Å²) in [5.74, 6) is -0.0215. The molecular formula is C15H19ClN4O. The lowest BCUT2D eigenvalue weighted by Crippen LogP contribution is -2.26. The second kappa shape index (κ2) is 6.63. The lowest BCUT2D eigenvalue weighted by molar-refractivity contribution is 0.0949. The van der Waals surface area contributed by atoms with Gasteiger partial charge in [-0.25, -0.2) is 0 Å². The Hall–Kier alpha value is -2.01. The first-order valence-electron chi connectivity index (χ1n) is 6.86. The van der Waals surface area contributed by atoms with Gasteiger partial charge in [0.05, 0.1) is 12.2 Å². The third kappa shape index (κ3) is 3.19. The van der Waals surface area contributed by atoms with Crippen LogP contribution in [0.15, 0.2) is 30.5 Å². The number of rotatable bonds is 3. The van der Waals surface area contributed by atoms with Crippen molar-refractivity contribution in [3.05, 3.63) is 47.3 Å². The fraction of sp³-hybridized carbons (Fsp3) is 0.333. The number of hydrogen-bond acceptors (Lipinski definition) is 3. The van der Waals surface area contributed by atoms with Crippen molar-refractivity contribution < 1.29 is 4.79 Å². The van der Waals surface area contributed by atoms with E-state index in [1.165, 1.54) is 0 Å². The monoisotopic (exact) mass is 306 g/mol. The average molecular weight is 307 g/mol. The minimum atomic E-state index is -0.0215. The molecule has 1 amide bonds. The van der Waals surface area contributed by atoms with Crippen LogP contribution in [0.5, 0.6) is 0 Å². The van der Waals surface area contributed by atoms with Crippen LogP contribution in [0.1, 0.15) is 28.0 Å². The standard InChI is InChI=1S/C15H18N4O.ClH/c1-19-11(7-9-18-19)10-17-15(20)13-4-2-6-14-12(13)5-3-8-16-14;/h2,4,6-7,9,16H,3,5,8,10H2,1H3,(H,17,20);1H. The van der Waals surface area contributed by atoms with Crippen molar-refractivity contribution in [3.63, 3.8) is 0 Å². The summed E-state index contributed by atoms with van der Waals surface area (Å²) in [6.45, 7) is 1.47. The van der Waals surface area contributed by atoms with Crippen molar-refractivity contribution in [1.29, 1.82) is 0 Å². The number of hydrogen-bond donors (Lipinski definition) is 2. The Morgan fingerprint density at radius 1 is 1.43 bits per heavy atom. The Labute approximate surface area is 130 Å². The van der Waals surface area contributed by atoms with Crippen molar-refractivity contribution in [2.75, 3.05) is 11.9 Å². The van der Waals surface area contributed by atoms with E-state index in [4.69, 9.17) is 0 Å². The molecule has 112 valence electrons. The molecule has 0 unspecified atom stereocenters. The molecule has 21 heavy (non-hydrogen) atoms. The van der Waals surface area contributed by atoms with E-state index in [2.05, 4.69) is 15.7 Å². The van der Waals surface area contributed by atoms with Crippen LogP contribution < -0.4 is 10.6 Å². The molecule has 1 aromatic carbocycles. The van der Waals surface area contributed by atoms with Gasteiger partial charge in [0.25, 0.3) is 5.91 Å². The summed E-state index contributed by atoms with van der Waals surface area (Å²) in [5, 5.41) is 10.4. The predicted octanol–water partition coefficient (Wildman–Crippen LogP) is 2.13. The van der Waals surface area contributed by atoms with E-state index in [9.17, 15) is 4.79 Å². The molecule has 5 nitrogen and oxygen atoms in total. The van der Waals surface area contributed by atoms with Crippen LogP contribution in [-0.4, -0.2) is 22.2 Å². The highest BCUT2D eigenvalue weighted by atomic mass is 35.5. The Morgan fingerprint density at radius 2 is 2.29 bits per heavy atom. The van der Waals surface area contributed by atoms with E-state index >= 15 is 0 Å². The Balaban J connectivity index is 0.00000161. The van der Waals surface area contributed by atoms with Crippen LogP contribution in [0.3, 0.4) is 0 Å². The van der Waals surface area contributed by atoms with Gasteiger partial charge in [0.2, 0.25) is 0 Å². The van der Waals surface area contributed by atoms with Crippen LogP contribution in [-0.2, 0) is 20.0 Å². The van der Waals surface area contributed by atoms with Crippen molar-refractivity contribution in [1.82, 2.24) is 15.1 Å². The largest absolute Gasteiger partial charge is 0.385 e. The van der Waals surface area contributed by atoms with Crippen LogP contribution in [0, 0.1) is 0 Å². The normalized spacial score (nSPS) is 12.8. The van der Waals surface area contributed by atoms with Crippen LogP contribution in [0.2, 0.25) is 0 Å². The first kappa shape index (κ1) is 15.4. The number of aryl methyl sites for hydroxylation is 1. The molecule has 2 heterocycles. The summed E-state index contributed by atoms with van der Waals surface area (Å²) in [6, 6.07) is 7.76. The van der Waals surface area contributed by atoms with E-state index in [-0.39, 0.29) is 18.3 Å². The number of amides is 1. The van der Waals surface area contributed by atoms with Crippen LogP contribution in [0.4, 0.5) is 5.69 Å². The predicted molar refractivity (Wildman–Crippen MR) is 84.9 cm³/mol. The Bertz CT molecular complexity index is 638. The third-order valence-electron chi connectivity index (χ3n) is 3.69. The topological polar surface area (TPSA) is 59.0 Å². The lowest BCUT2D eigenvalue weighted by Gasteiger charge is -2.20. The minimum absolute atomic E-state index is 0. The zero-order valence-electron chi connectivity index (χ0n) is 11.9. The molecule has 0 aliphatic carbocycles. The summed E-state index contributed by atoms with van der Waals surface area (Å²) >= 11 is 0. The molecule has 3 rings (SSSR count). The minimum Gasteiger partial charge on any atom is -0.385 e.